The molecule has 0 unspecified atom stereocenters. The third kappa shape index (κ3) is 7.64. The molecule has 2 heteroatoms. The van der Waals surface area contributed by atoms with Gasteiger partial charge < -0.3 is 11.2 Å². The standard InChI is InChI=1S/C7H7O.C3H7.Cu/c1-8-7-5-3-2-4-6-7;1-3-2;/h3-6H,1H3;3H,1-2H3;/q2*-1;+2. The van der Waals surface area contributed by atoms with Crippen molar-refractivity contribution in [3.05, 3.63) is 36.8 Å². The number of hydrogen-bond donors (Lipinski definition) is 0. The Morgan fingerprint density at radius 3 is 1.92 bits per heavy atom. The minimum atomic E-state index is 0. The van der Waals surface area contributed by atoms with Crippen LogP contribution in [0.5, 0.6) is 5.75 Å². The van der Waals surface area contributed by atoms with Crippen LogP contribution in [0, 0.1) is 12.5 Å². The molecule has 0 aliphatic heterocycles. The zero-order chi connectivity index (χ0) is 8.53. The second-order valence-electron chi connectivity index (χ2n) is 2.02. The van der Waals surface area contributed by atoms with Crippen molar-refractivity contribution in [2.75, 3.05) is 7.11 Å². The Bertz CT molecular complexity index is 163. The van der Waals surface area contributed by atoms with E-state index in [4.69, 9.17) is 4.74 Å². The minimum absolute atomic E-state index is 0. The fourth-order valence-corrected chi connectivity index (χ4v) is 0.508. The van der Waals surface area contributed by atoms with Crippen LogP contribution in [0.1, 0.15) is 13.8 Å². The smallest absolute Gasteiger partial charge is 0.522 e. The Morgan fingerprint density at radius 2 is 1.67 bits per heavy atom. The van der Waals surface area contributed by atoms with Crippen LogP contribution in [0.2, 0.25) is 0 Å². The van der Waals surface area contributed by atoms with E-state index in [1.807, 2.05) is 44.5 Å². The first-order valence-electron chi connectivity index (χ1n) is 3.59. The Balaban J connectivity index is 0. The summed E-state index contributed by atoms with van der Waals surface area (Å²) in [5.41, 5.74) is 0. The molecule has 0 spiro atoms. The van der Waals surface area contributed by atoms with Gasteiger partial charge in [-0.1, -0.05) is 0 Å². The van der Waals surface area contributed by atoms with Gasteiger partial charge in [0.2, 0.25) is 0 Å². The van der Waals surface area contributed by atoms with E-state index in [0.717, 1.165) is 5.75 Å². The molecule has 71 valence electrons. The fraction of sp³-hybridized carbons (Fsp3) is 0.300. The molecule has 0 amide bonds. The molecule has 12 heavy (non-hydrogen) atoms. The first kappa shape index (κ1) is 14.1. The molecule has 1 aromatic rings. The van der Waals surface area contributed by atoms with Gasteiger partial charge in [0.05, 0.1) is 7.11 Å². The first-order chi connectivity index (χ1) is 5.35. The zero-order valence-electron chi connectivity index (χ0n) is 7.60. The quantitative estimate of drug-likeness (QED) is 0.515. The average Bonchev–Trinajstić information content (AvgIpc) is 2.08. The normalized spacial score (nSPS) is 7.25. The molecule has 0 N–H and O–H groups in total. The molecule has 0 bridgehead atoms. The van der Waals surface area contributed by atoms with Gasteiger partial charge in [-0.2, -0.15) is 32.0 Å². The van der Waals surface area contributed by atoms with E-state index >= 15 is 0 Å². The SMILES string of the molecule is COc1cc[c-]cc1.C[CH-]C.[Cu+2]. The third-order valence-electron chi connectivity index (χ3n) is 0.923. The maximum atomic E-state index is 4.89. The van der Waals surface area contributed by atoms with Crippen LogP contribution in [0.3, 0.4) is 0 Å². The summed E-state index contributed by atoms with van der Waals surface area (Å²) < 4.78 is 4.89. The molecule has 0 fully saturated rings. The average molecular weight is 214 g/mol. The predicted octanol–water partition coefficient (Wildman–Crippen LogP) is 2.72. The molecule has 0 heterocycles. The van der Waals surface area contributed by atoms with Crippen LogP contribution in [0.25, 0.3) is 0 Å². The largest absolute Gasteiger partial charge is 2.00 e. The van der Waals surface area contributed by atoms with Gasteiger partial charge in [-0.05, 0) is 0 Å². The van der Waals surface area contributed by atoms with Gasteiger partial charge in [-0.25, -0.2) is 0 Å². The second kappa shape index (κ2) is 10.5. The number of hydrogen-bond acceptors (Lipinski definition) is 1. The van der Waals surface area contributed by atoms with Crippen LogP contribution in [0.4, 0.5) is 0 Å². The molecule has 0 saturated carbocycles. The number of benzene rings is 1. The van der Waals surface area contributed by atoms with Crippen molar-refractivity contribution in [2.24, 2.45) is 0 Å². The Morgan fingerprint density at radius 1 is 1.25 bits per heavy atom. The van der Waals surface area contributed by atoms with Gasteiger partial charge in [-0.15, -0.1) is 12.1 Å². The molecular weight excluding hydrogens is 200 g/mol. The van der Waals surface area contributed by atoms with Gasteiger partial charge in [0, 0.05) is 5.75 Å². The van der Waals surface area contributed by atoms with E-state index in [-0.39, 0.29) is 17.1 Å². The van der Waals surface area contributed by atoms with E-state index in [9.17, 15) is 0 Å². The minimum Gasteiger partial charge on any atom is -0.522 e. The van der Waals surface area contributed by atoms with Gasteiger partial charge in [0.25, 0.3) is 0 Å². The summed E-state index contributed by atoms with van der Waals surface area (Å²) in [7, 11) is 1.65. The number of methoxy groups -OCH3 is 1. The molecule has 0 aliphatic rings. The maximum absolute atomic E-state index is 4.89. The van der Waals surface area contributed by atoms with E-state index in [0.29, 0.717) is 0 Å². The van der Waals surface area contributed by atoms with Gasteiger partial charge >= 0.3 is 17.1 Å². The van der Waals surface area contributed by atoms with Crippen LogP contribution < -0.4 is 4.74 Å². The monoisotopic (exact) mass is 213 g/mol. The third-order valence-corrected chi connectivity index (χ3v) is 0.923. The summed E-state index contributed by atoms with van der Waals surface area (Å²) in [6.45, 7) is 4.00. The molecule has 1 aromatic carbocycles. The summed E-state index contributed by atoms with van der Waals surface area (Å²) in [6.07, 6.45) is 2.00. The number of rotatable bonds is 1. The summed E-state index contributed by atoms with van der Waals surface area (Å²) >= 11 is 0. The van der Waals surface area contributed by atoms with Crippen LogP contribution in [-0.2, 0) is 17.1 Å². The second-order valence-corrected chi connectivity index (χ2v) is 2.02. The van der Waals surface area contributed by atoms with E-state index < -0.39 is 0 Å². The van der Waals surface area contributed by atoms with Gasteiger partial charge in [-0.3, -0.25) is 0 Å². The molecule has 1 nitrogen and oxygen atoms in total. The molecule has 0 aliphatic carbocycles. The Kier molecular flexibility index (Phi) is 12.4. The van der Waals surface area contributed by atoms with Crippen molar-refractivity contribution in [3.63, 3.8) is 0 Å². The molecular formula is C10H14CuO. The summed E-state index contributed by atoms with van der Waals surface area (Å²) in [4.78, 5) is 0. The van der Waals surface area contributed by atoms with Crippen molar-refractivity contribution in [1.82, 2.24) is 0 Å². The number of ether oxygens (including phenoxy) is 1. The van der Waals surface area contributed by atoms with Crippen molar-refractivity contribution in [1.29, 1.82) is 0 Å². The van der Waals surface area contributed by atoms with E-state index in [2.05, 4.69) is 6.07 Å². The van der Waals surface area contributed by atoms with Crippen molar-refractivity contribution in [2.45, 2.75) is 13.8 Å². The topological polar surface area (TPSA) is 9.23 Å². The predicted molar refractivity (Wildman–Crippen MR) is 47.5 cm³/mol. The van der Waals surface area contributed by atoms with E-state index in [1.165, 1.54) is 0 Å². The molecule has 0 aromatic heterocycles. The summed E-state index contributed by atoms with van der Waals surface area (Å²) in [6, 6.07) is 10.2. The first-order valence-corrected chi connectivity index (χ1v) is 3.59. The Hall–Kier alpha value is -0.461. The molecule has 1 radical (unpaired) electrons. The maximum Gasteiger partial charge on any atom is 2.00 e. The van der Waals surface area contributed by atoms with Crippen LogP contribution >= 0.6 is 0 Å². The summed E-state index contributed by atoms with van der Waals surface area (Å²) in [5.74, 6) is 0.878. The van der Waals surface area contributed by atoms with E-state index in [1.54, 1.807) is 7.11 Å². The molecule has 0 atom stereocenters. The van der Waals surface area contributed by atoms with Crippen molar-refractivity contribution < 1.29 is 21.8 Å². The van der Waals surface area contributed by atoms with Gasteiger partial charge in [0.15, 0.2) is 0 Å². The van der Waals surface area contributed by atoms with Crippen molar-refractivity contribution in [3.8, 4) is 5.75 Å². The summed E-state index contributed by atoms with van der Waals surface area (Å²) in [5, 5.41) is 0. The molecule has 0 saturated heterocycles. The molecule has 1 rings (SSSR count). The van der Waals surface area contributed by atoms with Crippen LogP contribution in [-0.4, -0.2) is 7.11 Å². The Labute approximate surface area is 85.6 Å². The zero-order valence-corrected chi connectivity index (χ0v) is 8.54. The van der Waals surface area contributed by atoms with Gasteiger partial charge in [0.1, 0.15) is 0 Å². The van der Waals surface area contributed by atoms with Crippen molar-refractivity contribution >= 4 is 0 Å². The van der Waals surface area contributed by atoms with Crippen LogP contribution in [0.15, 0.2) is 24.3 Å². The fourth-order valence-electron chi connectivity index (χ4n) is 0.508.